The minimum absolute atomic E-state index is 0.308. The number of aliphatic hydroxyl groups excluding tert-OH is 1. The molecule has 5 heteroatoms. The summed E-state index contributed by atoms with van der Waals surface area (Å²) in [6.45, 7) is 3.23. The Kier molecular flexibility index (Phi) is 3.75. The third-order valence-corrected chi connectivity index (χ3v) is 0.850. The number of carbonyl (C=O) groups excluding carboxylic acids is 1. The molecule has 0 aromatic heterocycles. The molecule has 0 aliphatic heterocycles. The van der Waals surface area contributed by atoms with Crippen LogP contribution in [0.25, 0.3) is 0 Å². The summed E-state index contributed by atoms with van der Waals surface area (Å²) >= 11 is 0. The lowest BCUT2D eigenvalue weighted by molar-refractivity contribution is 0.138. The molecular formula is C5H13N3O2. The Bertz CT molecular complexity index is 115. The largest absolute Gasteiger partial charge is 0.379 e. The average molecular weight is 147 g/mol. The molecule has 0 saturated carbocycles. The summed E-state index contributed by atoms with van der Waals surface area (Å²) in [6.07, 6.45) is -0.959. The molecule has 0 heterocycles. The molecule has 0 rings (SSSR count). The van der Waals surface area contributed by atoms with Gasteiger partial charge >= 0.3 is 6.03 Å². The Morgan fingerprint density at radius 2 is 2.10 bits per heavy atom. The summed E-state index contributed by atoms with van der Waals surface area (Å²) in [6, 6.07) is -0.611. The molecule has 2 amide bonds. The van der Waals surface area contributed by atoms with E-state index >= 15 is 0 Å². The van der Waals surface area contributed by atoms with E-state index in [1.165, 1.54) is 0 Å². The van der Waals surface area contributed by atoms with Gasteiger partial charge in [0.1, 0.15) is 6.23 Å². The monoisotopic (exact) mass is 147 g/mol. The molecule has 0 aliphatic rings. The van der Waals surface area contributed by atoms with Crippen molar-refractivity contribution in [2.75, 3.05) is 0 Å². The van der Waals surface area contributed by atoms with E-state index in [1.807, 2.05) is 0 Å². The number of carbonyl (C=O) groups is 1. The van der Waals surface area contributed by atoms with Crippen LogP contribution in [0.5, 0.6) is 0 Å². The molecule has 0 radical (unpaired) electrons. The summed E-state index contributed by atoms with van der Waals surface area (Å²) in [5.41, 5.74) is 4.80. The molecular weight excluding hydrogens is 134 g/mol. The lowest BCUT2D eigenvalue weighted by Gasteiger charge is -2.15. The molecule has 0 aromatic rings. The number of nitrogens with one attached hydrogen (secondary N) is 2. The van der Waals surface area contributed by atoms with Crippen molar-refractivity contribution in [1.82, 2.24) is 10.6 Å². The molecule has 2 atom stereocenters. The van der Waals surface area contributed by atoms with E-state index in [-0.39, 0.29) is 6.17 Å². The van der Waals surface area contributed by atoms with Gasteiger partial charge in [-0.1, -0.05) is 0 Å². The van der Waals surface area contributed by atoms with Crippen LogP contribution < -0.4 is 16.4 Å². The average Bonchev–Trinajstić information content (AvgIpc) is 1.58. The zero-order chi connectivity index (χ0) is 8.15. The number of nitrogens with two attached hydrogens (primary N) is 1. The molecule has 0 saturated heterocycles. The SMILES string of the molecule is CC(O)NC(C)NC(N)=O. The van der Waals surface area contributed by atoms with Gasteiger partial charge in [-0.25, -0.2) is 4.79 Å². The van der Waals surface area contributed by atoms with Crippen LogP contribution in [0.1, 0.15) is 13.8 Å². The number of hydrogen-bond acceptors (Lipinski definition) is 3. The maximum atomic E-state index is 10.2. The van der Waals surface area contributed by atoms with E-state index in [1.54, 1.807) is 13.8 Å². The van der Waals surface area contributed by atoms with Gasteiger partial charge in [0.15, 0.2) is 0 Å². The maximum absolute atomic E-state index is 10.2. The fraction of sp³-hybridized carbons (Fsp3) is 0.800. The third-order valence-electron chi connectivity index (χ3n) is 0.850. The van der Waals surface area contributed by atoms with Crippen molar-refractivity contribution in [2.24, 2.45) is 5.73 Å². The summed E-state index contributed by atoms with van der Waals surface area (Å²) in [5.74, 6) is 0. The van der Waals surface area contributed by atoms with Gasteiger partial charge in [-0.05, 0) is 13.8 Å². The van der Waals surface area contributed by atoms with Crippen LogP contribution in [0.3, 0.4) is 0 Å². The Morgan fingerprint density at radius 3 is 2.40 bits per heavy atom. The van der Waals surface area contributed by atoms with E-state index in [9.17, 15) is 4.79 Å². The highest BCUT2D eigenvalue weighted by Crippen LogP contribution is 1.77. The summed E-state index contributed by atoms with van der Waals surface area (Å²) in [4.78, 5) is 10.2. The van der Waals surface area contributed by atoms with E-state index < -0.39 is 12.3 Å². The zero-order valence-corrected chi connectivity index (χ0v) is 6.09. The lowest BCUT2D eigenvalue weighted by atomic mass is 10.5. The van der Waals surface area contributed by atoms with Crippen molar-refractivity contribution >= 4 is 6.03 Å². The van der Waals surface area contributed by atoms with E-state index in [2.05, 4.69) is 10.6 Å². The Hall–Kier alpha value is -0.810. The quantitative estimate of drug-likeness (QED) is 0.383. The van der Waals surface area contributed by atoms with Crippen molar-refractivity contribution < 1.29 is 9.90 Å². The van der Waals surface area contributed by atoms with Crippen LogP contribution in [0.15, 0.2) is 0 Å². The summed E-state index contributed by atoms with van der Waals surface area (Å²) < 4.78 is 0. The number of urea groups is 1. The first-order valence-electron chi connectivity index (χ1n) is 3.02. The molecule has 60 valence electrons. The molecule has 2 unspecified atom stereocenters. The van der Waals surface area contributed by atoms with Gasteiger partial charge in [-0.15, -0.1) is 0 Å². The smallest absolute Gasteiger partial charge is 0.313 e. The number of aliphatic hydroxyl groups is 1. The number of primary amides is 1. The predicted molar refractivity (Wildman–Crippen MR) is 37.0 cm³/mol. The normalized spacial score (nSPS) is 15.9. The van der Waals surface area contributed by atoms with Crippen molar-refractivity contribution in [3.05, 3.63) is 0 Å². The van der Waals surface area contributed by atoms with Crippen molar-refractivity contribution in [2.45, 2.75) is 26.2 Å². The van der Waals surface area contributed by atoms with Crippen LogP contribution in [-0.2, 0) is 0 Å². The molecule has 0 bridgehead atoms. The Labute approximate surface area is 59.6 Å². The maximum Gasteiger partial charge on any atom is 0.313 e. The van der Waals surface area contributed by atoms with Gasteiger partial charge in [-0.2, -0.15) is 0 Å². The highest BCUT2D eigenvalue weighted by atomic mass is 16.3. The number of rotatable bonds is 3. The fourth-order valence-electron chi connectivity index (χ4n) is 0.617. The Balaban J connectivity index is 3.43. The van der Waals surface area contributed by atoms with Crippen LogP contribution in [0, 0.1) is 0 Å². The van der Waals surface area contributed by atoms with Gasteiger partial charge in [-0.3, -0.25) is 5.32 Å². The number of hydrogen-bond donors (Lipinski definition) is 4. The second-order valence-electron chi connectivity index (χ2n) is 2.07. The van der Waals surface area contributed by atoms with Crippen LogP contribution in [0.4, 0.5) is 4.79 Å². The minimum Gasteiger partial charge on any atom is -0.379 e. The molecule has 0 aliphatic carbocycles. The summed E-state index contributed by atoms with van der Waals surface area (Å²) in [7, 11) is 0. The highest BCUT2D eigenvalue weighted by molar-refractivity contribution is 5.71. The topological polar surface area (TPSA) is 87.4 Å². The van der Waals surface area contributed by atoms with Gasteiger partial charge < -0.3 is 16.2 Å². The molecule has 0 spiro atoms. The summed E-state index contributed by atoms with van der Waals surface area (Å²) in [5, 5.41) is 13.7. The van der Waals surface area contributed by atoms with Crippen LogP contribution in [-0.4, -0.2) is 23.5 Å². The first-order valence-corrected chi connectivity index (χ1v) is 3.02. The lowest BCUT2D eigenvalue weighted by Crippen LogP contribution is -2.48. The number of amides is 2. The van der Waals surface area contributed by atoms with E-state index in [0.29, 0.717) is 0 Å². The fourth-order valence-corrected chi connectivity index (χ4v) is 0.617. The molecule has 5 nitrogen and oxygen atoms in total. The zero-order valence-electron chi connectivity index (χ0n) is 6.09. The second-order valence-corrected chi connectivity index (χ2v) is 2.07. The van der Waals surface area contributed by atoms with E-state index in [0.717, 1.165) is 0 Å². The van der Waals surface area contributed by atoms with Crippen molar-refractivity contribution in [1.29, 1.82) is 0 Å². The molecule has 5 N–H and O–H groups in total. The molecule has 10 heavy (non-hydrogen) atoms. The van der Waals surface area contributed by atoms with Crippen molar-refractivity contribution in [3.8, 4) is 0 Å². The van der Waals surface area contributed by atoms with E-state index in [4.69, 9.17) is 10.8 Å². The van der Waals surface area contributed by atoms with Crippen LogP contribution in [0.2, 0.25) is 0 Å². The van der Waals surface area contributed by atoms with Gasteiger partial charge in [0, 0.05) is 0 Å². The highest BCUT2D eigenvalue weighted by Gasteiger charge is 2.03. The van der Waals surface area contributed by atoms with Gasteiger partial charge in [0.25, 0.3) is 0 Å². The van der Waals surface area contributed by atoms with Crippen LogP contribution >= 0.6 is 0 Å². The first-order chi connectivity index (χ1) is 4.52. The predicted octanol–water partition coefficient (Wildman–Crippen LogP) is -1.07. The molecule has 0 aromatic carbocycles. The van der Waals surface area contributed by atoms with Gasteiger partial charge in [0.2, 0.25) is 0 Å². The third kappa shape index (κ3) is 5.33. The Morgan fingerprint density at radius 1 is 1.60 bits per heavy atom. The molecule has 0 fully saturated rings. The van der Waals surface area contributed by atoms with Gasteiger partial charge in [0.05, 0.1) is 6.17 Å². The van der Waals surface area contributed by atoms with Crippen molar-refractivity contribution in [3.63, 3.8) is 0 Å². The standard InChI is InChI=1S/C5H13N3O2/c1-3(7-4(2)9)8-5(6)10/h3-4,7,9H,1-2H3,(H3,6,8,10). The first kappa shape index (κ1) is 9.19. The minimum atomic E-state index is -0.651. The second kappa shape index (κ2) is 4.08.